The summed E-state index contributed by atoms with van der Waals surface area (Å²) in [4.78, 5) is 28.1. The van der Waals surface area contributed by atoms with Gasteiger partial charge in [0.25, 0.3) is 11.2 Å². The maximum Gasteiger partial charge on any atom is 0.291 e. The number of hydrogen-bond donors (Lipinski definition) is 0. The molecule has 144 valence electrons. The maximum atomic E-state index is 12.6. The van der Waals surface area contributed by atoms with E-state index >= 15 is 0 Å². The Kier molecular flexibility index (Phi) is 4.88. The summed E-state index contributed by atoms with van der Waals surface area (Å²) in [6, 6.07) is 13.7. The van der Waals surface area contributed by atoms with E-state index in [9.17, 15) is 14.9 Å². The number of aromatic nitrogens is 3. The third kappa shape index (κ3) is 3.76. The highest BCUT2D eigenvalue weighted by molar-refractivity contribution is 7.15. The predicted molar refractivity (Wildman–Crippen MR) is 111 cm³/mol. The van der Waals surface area contributed by atoms with Gasteiger partial charge in [0.1, 0.15) is 5.75 Å². The summed E-state index contributed by atoms with van der Waals surface area (Å²) in [7, 11) is 1.61. The Morgan fingerprint density at radius 3 is 2.59 bits per heavy atom. The van der Waals surface area contributed by atoms with Gasteiger partial charge < -0.3 is 4.74 Å². The van der Waals surface area contributed by atoms with Crippen molar-refractivity contribution >= 4 is 40.2 Å². The van der Waals surface area contributed by atoms with E-state index < -0.39 is 4.92 Å². The molecular formula is C20H14N4O4S. The lowest BCUT2D eigenvalue weighted by atomic mass is 10.2. The first-order valence-corrected chi connectivity index (χ1v) is 9.33. The molecule has 2 heterocycles. The summed E-state index contributed by atoms with van der Waals surface area (Å²) in [5, 5.41) is 15.4. The molecule has 8 nitrogen and oxygen atoms in total. The number of nitrogens with zero attached hydrogens (tertiary/aromatic N) is 4. The van der Waals surface area contributed by atoms with Gasteiger partial charge in [0.2, 0.25) is 4.96 Å². The van der Waals surface area contributed by atoms with Crippen LogP contribution in [0.2, 0.25) is 0 Å². The maximum absolute atomic E-state index is 12.6. The van der Waals surface area contributed by atoms with Gasteiger partial charge in [-0.1, -0.05) is 41.7 Å². The van der Waals surface area contributed by atoms with Gasteiger partial charge >= 0.3 is 0 Å². The quantitative estimate of drug-likeness (QED) is 0.373. The molecule has 0 fully saturated rings. The monoisotopic (exact) mass is 406 g/mol. The second kappa shape index (κ2) is 7.64. The molecule has 0 bridgehead atoms. The molecule has 0 radical (unpaired) electrons. The Bertz CT molecular complexity index is 1340. The number of rotatable bonds is 5. The van der Waals surface area contributed by atoms with Gasteiger partial charge in [-0.25, -0.2) is 0 Å². The summed E-state index contributed by atoms with van der Waals surface area (Å²) >= 11 is 1.13. The standard InChI is InChI=1S/C20H14N4O4S/c1-28-15-9-6-13(7-10-15)8-11-18-21-20-23(22-18)19(25)17(29-20)12-14-4-2-3-5-16(14)24(26)27/h2-12H,1H3/b11-8+,17-12-. The Morgan fingerprint density at radius 1 is 1.14 bits per heavy atom. The first-order valence-electron chi connectivity index (χ1n) is 8.52. The third-order valence-corrected chi connectivity index (χ3v) is 5.12. The molecule has 2 aromatic carbocycles. The Balaban J connectivity index is 1.67. The van der Waals surface area contributed by atoms with Crippen LogP contribution in [0.1, 0.15) is 17.0 Å². The van der Waals surface area contributed by atoms with E-state index in [0.717, 1.165) is 22.6 Å². The first kappa shape index (κ1) is 18.5. The summed E-state index contributed by atoms with van der Waals surface area (Å²) < 4.78 is 6.66. The fourth-order valence-corrected chi connectivity index (χ4v) is 3.63. The van der Waals surface area contributed by atoms with E-state index in [-0.39, 0.29) is 11.2 Å². The molecule has 0 amide bonds. The molecule has 0 aliphatic heterocycles. The van der Waals surface area contributed by atoms with Crippen molar-refractivity contribution in [2.75, 3.05) is 7.11 Å². The lowest BCUT2D eigenvalue weighted by Gasteiger charge is -1.98. The van der Waals surface area contributed by atoms with E-state index in [1.807, 2.05) is 30.3 Å². The Morgan fingerprint density at radius 2 is 1.90 bits per heavy atom. The lowest BCUT2D eigenvalue weighted by Crippen LogP contribution is -2.23. The molecule has 0 atom stereocenters. The third-order valence-electron chi connectivity index (χ3n) is 4.16. The van der Waals surface area contributed by atoms with Crippen molar-refractivity contribution in [2.45, 2.75) is 0 Å². The smallest absolute Gasteiger partial charge is 0.291 e. The molecule has 9 heteroatoms. The molecule has 4 rings (SSSR count). The van der Waals surface area contributed by atoms with Crippen molar-refractivity contribution in [2.24, 2.45) is 0 Å². The van der Waals surface area contributed by atoms with Gasteiger partial charge in [-0.05, 0) is 35.9 Å². The SMILES string of the molecule is COc1ccc(/C=C/c2nc3s/c(=C\c4ccccc4[N+](=O)[O-])c(=O)n3n2)cc1. The van der Waals surface area contributed by atoms with E-state index in [2.05, 4.69) is 10.1 Å². The molecule has 0 N–H and O–H groups in total. The lowest BCUT2D eigenvalue weighted by molar-refractivity contribution is -0.385. The van der Waals surface area contributed by atoms with Crippen LogP contribution >= 0.6 is 11.3 Å². The van der Waals surface area contributed by atoms with Gasteiger partial charge in [-0.2, -0.15) is 9.50 Å². The van der Waals surface area contributed by atoms with Gasteiger partial charge in [0.05, 0.1) is 22.1 Å². The van der Waals surface area contributed by atoms with Crippen molar-refractivity contribution in [3.05, 3.63) is 90.5 Å². The van der Waals surface area contributed by atoms with E-state index in [1.54, 1.807) is 31.4 Å². The fraction of sp³-hybridized carbons (Fsp3) is 0.0500. The number of para-hydroxylation sites is 1. The number of benzene rings is 2. The van der Waals surface area contributed by atoms with Crippen LogP contribution < -0.4 is 14.8 Å². The average Bonchev–Trinajstić information content (AvgIpc) is 3.26. The van der Waals surface area contributed by atoms with E-state index in [0.29, 0.717) is 20.9 Å². The summed E-state index contributed by atoms with van der Waals surface area (Å²) in [6.45, 7) is 0. The molecule has 2 aromatic heterocycles. The average molecular weight is 406 g/mol. The largest absolute Gasteiger partial charge is 0.497 e. The van der Waals surface area contributed by atoms with Crippen molar-refractivity contribution in [3.8, 4) is 5.75 Å². The summed E-state index contributed by atoms with van der Waals surface area (Å²) in [5.74, 6) is 1.17. The number of nitro benzene ring substituents is 1. The van der Waals surface area contributed by atoms with E-state index in [1.165, 1.54) is 16.7 Å². The number of thiazole rings is 1. The van der Waals surface area contributed by atoms with Crippen molar-refractivity contribution in [1.29, 1.82) is 0 Å². The second-order valence-corrected chi connectivity index (χ2v) is 7.01. The van der Waals surface area contributed by atoms with Gasteiger partial charge in [0.15, 0.2) is 5.82 Å². The van der Waals surface area contributed by atoms with Crippen LogP contribution in [-0.2, 0) is 0 Å². The van der Waals surface area contributed by atoms with Gasteiger partial charge in [-0.3, -0.25) is 14.9 Å². The highest BCUT2D eigenvalue weighted by Gasteiger charge is 2.13. The second-order valence-electron chi connectivity index (χ2n) is 6.00. The number of methoxy groups -OCH3 is 1. The Labute approximate surface area is 168 Å². The van der Waals surface area contributed by atoms with Crippen LogP contribution in [0.15, 0.2) is 53.3 Å². The Hall–Kier alpha value is -3.85. The van der Waals surface area contributed by atoms with Gasteiger partial charge in [0, 0.05) is 6.07 Å². The number of fused-ring (bicyclic) bond motifs is 1. The summed E-state index contributed by atoms with van der Waals surface area (Å²) in [6.07, 6.45) is 5.05. The van der Waals surface area contributed by atoms with Crippen LogP contribution in [0, 0.1) is 10.1 Å². The first-order chi connectivity index (χ1) is 14.0. The van der Waals surface area contributed by atoms with Crippen molar-refractivity contribution < 1.29 is 9.66 Å². The number of nitro groups is 1. The zero-order valence-corrected chi connectivity index (χ0v) is 16.0. The molecule has 0 saturated heterocycles. The van der Waals surface area contributed by atoms with E-state index in [4.69, 9.17) is 4.74 Å². The minimum absolute atomic E-state index is 0.0611. The van der Waals surface area contributed by atoms with Crippen molar-refractivity contribution in [3.63, 3.8) is 0 Å². The highest BCUT2D eigenvalue weighted by atomic mass is 32.1. The molecule has 0 saturated carbocycles. The van der Waals surface area contributed by atoms with Crippen LogP contribution in [0.25, 0.3) is 23.2 Å². The molecule has 29 heavy (non-hydrogen) atoms. The minimum Gasteiger partial charge on any atom is -0.497 e. The molecule has 0 aliphatic rings. The van der Waals surface area contributed by atoms with Crippen LogP contribution in [0.4, 0.5) is 5.69 Å². The predicted octanol–water partition coefficient (Wildman–Crippen LogP) is 2.79. The van der Waals surface area contributed by atoms with Crippen LogP contribution in [0.5, 0.6) is 5.75 Å². The van der Waals surface area contributed by atoms with Crippen LogP contribution in [-0.4, -0.2) is 26.6 Å². The number of hydrogen-bond acceptors (Lipinski definition) is 7. The molecule has 4 aromatic rings. The van der Waals surface area contributed by atoms with Crippen molar-refractivity contribution in [1.82, 2.24) is 14.6 Å². The van der Waals surface area contributed by atoms with Gasteiger partial charge in [-0.15, -0.1) is 5.10 Å². The molecular weight excluding hydrogens is 392 g/mol. The highest BCUT2D eigenvalue weighted by Crippen LogP contribution is 2.18. The summed E-state index contributed by atoms with van der Waals surface area (Å²) in [5.41, 5.74) is 0.879. The molecule has 0 unspecified atom stereocenters. The molecule has 0 spiro atoms. The van der Waals surface area contributed by atoms with Crippen LogP contribution in [0.3, 0.4) is 0 Å². The number of ether oxygens (including phenoxy) is 1. The zero-order valence-electron chi connectivity index (χ0n) is 15.2. The minimum atomic E-state index is -0.477. The zero-order chi connectivity index (χ0) is 20.4. The fourth-order valence-electron chi connectivity index (χ4n) is 2.72. The molecule has 0 aliphatic carbocycles. The normalized spacial score (nSPS) is 12.1. The topological polar surface area (TPSA) is 99.6 Å².